The van der Waals surface area contributed by atoms with Crippen LogP contribution < -0.4 is 0 Å². The van der Waals surface area contributed by atoms with Crippen molar-refractivity contribution in [2.75, 3.05) is 12.4 Å². The zero-order valence-electron chi connectivity index (χ0n) is 7.54. The van der Waals surface area contributed by atoms with Crippen molar-refractivity contribution in [3.8, 4) is 0 Å². The number of ether oxygens (including phenoxy) is 1. The number of hydrogen-bond donors (Lipinski definition) is 2. The lowest BCUT2D eigenvalue weighted by Crippen LogP contribution is -2.31. The Kier molecular flexibility index (Phi) is 5.33. The van der Waals surface area contributed by atoms with Crippen LogP contribution in [0.25, 0.3) is 0 Å². The first-order chi connectivity index (χ1) is 5.52. The van der Waals surface area contributed by atoms with Gasteiger partial charge in [-0.1, -0.05) is 0 Å². The van der Waals surface area contributed by atoms with E-state index in [1.54, 1.807) is 13.8 Å². The summed E-state index contributed by atoms with van der Waals surface area (Å²) in [4.78, 5) is 11.0. The fourth-order valence-electron chi connectivity index (χ4n) is 0.615. The molecule has 0 saturated carbocycles. The monoisotopic (exact) mass is 192 g/mol. The molecule has 4 heteroatoms. The molecule has 0 bridgehead atoms. The second kappa shape index (κ2) is 5.43. The van der Waals surface area contributed by atoms with Crippen molar-refractivity contribution >= 4 is 18.6 Å². The maximum Gasteiger partial charge on any atom is 0.306 e. The molecule has 0 aliphatic heterocycles. The number of rotatable bonds is 5. The summed E-state index contributed by atoms with van der Waals surface area (Å²) in [6.45, 7) is 3.19. The summed E-state index contributed by atoms with van der Waals surface area (Å²) >= 11 is 3.97. The quantitative estimate of drug-likeness (QED) is 0.505. The number of carbonyl (C=O) groups is 1. The van der Waals surface area contributed by atoms with E-state index in [0.29, 0.717) is 18.6 Å². The summed E-state index contributed by atoms with van der Waals surface area (Å²) in [5, 5.41) is 8.78. The summed E-state index contributed by atoms with van der Waals surface area (Å²) in [5.41, 5.74) is -0.756. The third-order valence-corrected chi connectivity index (χ3v) is 1.63. The van der Waals surface area contributed by atoms with E-state index in [4.69, 9.17) is 9.84 Å². The molecule has 0 aliphatic rings. The fourth-order valence-corrected chi connectivity index (χ4v) is 0.773. The average Bonchev–Trinajstić information content (AvgIpc) is 2.00. The Morgan fingerprint density at radius 2 is 2.17 bits per heavy atom. The Bertz CT molecular complexity index is 145. The van der Waals surface area contributed by atoms with E-state index in [1.165, 1.54) is 0 Å². The molecular weight excluding hydrogens is 176 g/mol. The van der Waals surface area contributed by atoms with Crippen molar-refractivity contribution in [1.29, 1.82) is 0 Å². The number of carbonyl (C=O) groups excluding carboxylic acids is 1. The molecule has 0 aromatic rings. The van der Waals surface area contributed by atoms with E-state index in [9.17, 15) is 4.79 Å². The largest absolute Gasteiger partial charge is 0.457 e. The van der Waals surface area contributed by atoms with Crippen molar-refractivity contribution in [1.82, 2.24) is 0 Å². The van der Waals surface area contributed by atoms with Gasteiger partial charge in [0.2, 0.25) is 0 Å². The van der Waals surface area contributed by atoms with Gasteiger partial charge in [-0.15, -0.1) is 0 Å². The smallest absolute Gasteiger partial charge is 0.306 e. The maximum atomic E-state index is 11.0. The molecule has 0 atom stereocenters. The van der Waals surface area contributed by atoms with Gasteiger partial charge in [-0.2, -0.15) is 12.6 Å². The number of hydrogen-bond acceptors (Lipinski definition) is 4. The fraction of sp³-hybridized carbons (Fsp3) is 0.875. The van der Waals surface area contributed by atoms with Crippen LogP contribution in [0.2, 0.25) is 0 Å². The molecular formula is C8H16O3S. The average molecular weight is 192 g/mol. The molecule has 0 aromatic heterocycles. The van der Waals surface area contributed by atoms with E-state index in [-0.39, 0.29) is 12.6 Å². The molecule has 12 heavy (non-hydrogen) atoms. The number of esters is 1. The highest BCUT2D eigenvalue weighted by molar-refractivity contribution is 7.80. The lowest BCUT2D eigenvalue weighted by atomic mass is 10.1. The van der Waals surface area contributed by atoms with E-state index < -0.39 is 5.60 Å². The Morgan fingerprint density at radius 1 is 1.58 bits per heavy atom. The van der Waals surface area contributed by atoms with Gasteiger partial charge < -0.3 is 9.84 Å². The van der Waals surface area contributed by atoms with Crippen molar-refractivity contribution < 1.29 is 14.6 Å². The highest BCUT2D eigenvalue weighted by Gasteiger charge is 2.20. The summed E-state index contributed by atoms with van der Waals surface area (Å²) in [7, 11) is 0. The minimum atomic E-state index is -0.756. The number of aliphatic hydroxyl groups excluding tert-OH is 1. The molecule has 72 valence electrons. The zero-order valence-corrected chi connectivity index (χ0v) is 8.43. The van der Waals surface area contributed by atoms with Crippen LogP contribution in [-0.4, -0.2) is 29.0 Å². The zero-order chi connectivity index (χ0) is 9.61. The third-order valence-electron chi connectivity index (χ3n) is 1.31. The third kappa shape index (κ3) is 5.43. The Labute approximate surface area is 78.5 Å². The first-order valence-corrected chi connectivity index (χ1v) is 4.58. The molecule has 1 N–H and O–H groups in total. The van der Waals surface area contributed by atoms with Gasteiger partial charge in [0.1, 0.15) is 5.60 Å². The van der Waals surface area contributed by atoms with Gasteiger partial charge in [0.05, 0.1) is 6.61 Å². The minimum absolute atomic E-state index is 0.153. The highest BCUT2D eigenvalue weighted by Crippen LogP contribution is 2.09. The lowest BCUT2D eigenvalue weighted by Gasteiger charge is -2.22. The topological polar surface area (TPSA) is 46.5 Å². The summed E-state index contributed by atoms with van der Waals surface area (Å²) in [5.74, 6) is 0.400. The summed E-state index contributed by atoms with van der Waals surface area (Å²) < 4.78 is 4.97. The SMILES string of the molecule is CC(C)(CO)OC(=O)CCCS. The van der Waals surface area contributed by atoms with Crippen LogP contribution in [0, 0.1) is 0 Å². The van der Waals surface area contributed by atoms with Crippen molar-refractivity contribution in [3.05, 3.63) is 0 Å². The van der Waals surface area contributed by atoms with Gasteiger partial charge >= 0.3 is 5.97 Å². The van der Waals surface area contributed by atoms with Crippen LogP contribution in [0.1, 0.15) is 26.7 Å². The van der Waals surface area contributed by atoms with Crippen LogP contribution in [0.5, 0.6) is 0 Å². The van der Waals surface area contributed by atoms with Gasteiger partial charge in [-0.25, -0.2) is 0 Å². The predicted molar refractivity (Wildman–Crippen MR) is 50.3 cm³/mol. The van der Waals surface area contributed by atoms with Crippen LogP contribution >= 0.6 is 12.6 Å². The second-order valence-electron chi connectivity index (χ2n) is 3.22. The van der Waals surface area contributed by atoms with Gasteiger partial charge in [0.15, 0.2) is 0 Å². The highest BCUT2D eigenvalue weighted by atomic mass is 32.1. The van der Waals surface area contributed by atoms with Crippen LogP contribution in [-0.2, 0) is 9.53 Å². The van der Waals surface area contributed by atoms with Crippen molar-refractivity contribution in [2.45, 2.75) is 32.3 Å². The van der Waals surface area contributed by atoms with Crippen LogP contribution in [0.3, 0.4) is 0 Å². The van der Waals surface area contributed by atoms with Crippen LogP contribution in [0.15, 0.2) is 0 Å². The Morgan fingerprint density at radius 3 is 2.58 bits per heavy atom. The molecule has 0 heterocycles. The lowest BCUT2D eigenvalue weighted by molar-refractivity contribution is -0.159. The van der Waals surface area contributed by atoms with Gasteiger partial charge in [-0.3, -0.25) is 4.79 Å². The molecule has 0 saturated heterocycles. The molecule has 0 amide bonds. The number of thiol groups is 1. The predicted octanol–water partition coefficient (Wildman–Crippen LogP) is 1.01. The van der Waals surface area contributed by atoms with E-state index >= 15 is 0 Å². The molecule has 0 spiro atoms. The van der Waals surface area contributed by atoms with Crippen molar-refractivity contribution in [2.24, 2.45) is 0 Å². The molecule has 0 rings (SSSR count). The molecule has 0 radical (unpaired) electrons. The standard InChI is InChI=1S/C8H16O3S/c1-8(2,6-9)11-7(10)4-3-5-12/h9,12H,3-6H2,1-2H3. The first-order valence-electron chi connectivity index (χ1n) is 3.95. The van der Waals surface area contributed by atoms with E-state index in [0.717, 1.165) is 0 Å². The molecule has 0 aliphatic carbocycles. The molecule has 0 fully saturated rings. The van der Waals surface area contributed by atoms with Gasteiger partial charge in [0, 0.05) is 6.42 Å². The molecule has 0 unspecified atom stereocenters. The van der Waals surface area contributed by atoms with E-state index in [2.05, 4.69) is 12.6 Å². The Hall–Kier alpha value is -0.220. The minimum Gasteiger partial charge on any atom is -0.457 e. The second-order valence-corrected chi connectivity index (χ2v) is 3.67. The first kappa shape index (κ1) is 11.8. The van der Waals surface area contributed by atoms with Crippen molar-refractivity contribution in [3.63, 3.8) is 0 Å². The summed E-state index contributed by atoms with van der Waals surface area (Å²) in [6.07, 6.45) is 1.08. The van der Waals surface area contributed by atoms with Gasteiger partial charge in [-0.05, 0) is 26.0 Å². The normalized spacial score (nSPS) is 11.3. The number of aliphatic hydroxyl groups is 1. The molecule has 0 aromatic carbocycles. The molecule has 3 nitrogen and oxygen atoms in total. The van der Waals surface area contributed by atoms with Crippen LogP contribution in [0.4, 0.5) is 0 Å². The maximum absolute atomic E-state index is 11.0. The van der Waals surface area contributed by atoms with Gasteiger partial charge in [0.25, 0.3) is 0 Å². The Balaban J connectivity index is 3.68. The van der Waals surface area contributed by atoms with E-state index in [1.807, 2.05) is 0 Å². The summed E-state index contributed by atoms with van der Waals surface area (Å²) in [6, 6.07) is 0.